The Hall–Kier alpha value is -0.130. The maximum absolute atomic E-state index is 11.3. The summed E-state index contributed by atoms with van der Waals surface area (Å²) in [6.07, 6.45) is 20.6. The van der Waals surface area contributed by atoms with Crippen LogP contribution in [-0.2, 0) is 10.1 Å². The van der Waals surface area contributed by atoms with Gasteiger partial charge in [-0.15, -0.1) is 0 Å². The van der Waals surface area contributed by atoms with E-state index in [1.807, 2.05) is 6.92 Å². The normalized spacial score (nSPS) is 14.3. The van der Waals surface area contributed by atoms with Crippen LogP contribution in [0.4, 0.5) is 0 Å². The molecule has 0 radical (unpaired) electrons. The number of aliphatic hydroxyl groups is 1. The van der Waals surface area contributed by atoms with Crippen molar-refractivity contribution < 1.29 is 18.1 Å². The smallest absolute Gasteiger partial charge is 0.267 e. The highest BCUT2D eigenvalue weighted by molar-refractivity contribution is 7.86. The number of hydrogen-bond donors (Lipinski definition) is 2. The van der Waals surface area contributed by atoms with E-state index in [4.69, 9.17) is 0 Å². The second kappa shape index (κ2) is 18.9. The molecule has 4 nitrogen and oxygen atoms in total. The number of hydrogen-bond acceptors (Lipinski definition) is 3. The summed E-state index contributed by atoms with van der Waals surface area (Å²) in [5.41, 5.74) is 0. The molecule has 5 heteroatoms. The predicted octanol–water partition coefficient (Wildman–Crippen LogP) is 7.06. The van der Waals surface area contributed by atoms with Crippen molar-refractivity contribution in [3.8, 4) is 0 Å². The van der Waals surface area contributed by atoms with Crippen LogP contribution in [0.3, 0.4) is 0 Å². The molecule has 0 heterocycles. The molecule has 0 aliphatic rings. The van der Waals surface area contributed by atoms with E-state index in [2.05, 4.69) is 6.92 Å². The van der Waals surface area contributed by atoms with Gasteiger partial charge in [-0.2, -0.15) is 8.42 Å². The van der Waals surface area contributed by atoms with Gasteiger partial charge in [0.25, 0.3) is 10.1 Å². The molecule has 28 heavy (non-hydrogen) atoms. The van der Waals surface area contributed by atoms with Crippen molar-refractivity contribution >= 4 is 10.1 Å². The molecule has 0 aromatic carbocycles. The summed E-state index contributed by atoms with van der Waals surface area (Å²) in [7, 11) is -3.95. The van der Waals surface area contributed by atoms with Crippen molar-refractivity contribution in [2.45, 2.75) is 147 Å². The molecule has 0 amide bonds. The highest BCUT2D eigenvalue weighted by Crippen LogP contribution is 2.18. The third-order valence-electron chi connectivity index (χ3n) is 5.74. The Bertz CT molecular complexity index is 422. The van der Waals surface area contributed by atoms with Gasteiger partial charge in [0, 0.05) is 0 Å². The van der Waals surface area contributed by atoms with E-state index in [-0.39, 0.29) is 6.10 Å². The fraction of sp³-hybridized carbons (Fsp3) is 1.00. The minimum atomic E-state index is -3.95. The van der Waals surface area contributed by atoms with Crippen LogP contribution in [0.2, 0.25) is 0 Å². The van der Waals surface area contributed by atoms with E-state index in [0.717, 1.165) is 19.3 Å². The first kappa shape index (κ1) is 27.9. The Labute approximate surface area is 175 Å². The van der Waals surface area contributed by atoms with Crippen LogP contribution in [0.1, 0.15) is 136 Å². The first-order valence-electron chi connectivity index (χ1n) is 12.1. The Morgan fingerprint density at radius 3 is 1.43 bits per heavy atom. The van der Waals surface area contributed by atoms with Crippen molar-refractivity contribution in [3.63, 3.8) is 0 Å². The van der Waals surface area contributed by atoms with Crippen LogP contribution < -0.4 is 0 Å². The lowest BCUT2D eigenvalue weighted by molar-refractivity contribution is 0.147. The molecule has 2 atom stereocenters. The predicted molar refractivity (Wildman–Crippen MR) is 120 cm³/mol. The van der Waals surface area contributed by atoms with Gasteiger partial charge < -0.3 is 5.11 Å². The molecule has 0 spiro atoms. The molecule has 0 aromatic rings. The zero-order valence-corrected chi connectivity index (χ0v) is 19.5. The lowest BCUT2D eigenvalue weighted by atomic mass is 10.0. The van der Waals surface area contributed by atoms with Crippen LogP contribution in [0, 0.1) is 0 Å². The van der Waals surface area contributed by atoms with Gasteiger partial charge in [-0.1, -0.05) is 104 Å². The molecule has 0 aromatic heterocycles. The van der Waals surface area contributed by atoms with E-state index >= 15 is 0 Å². The monoisotopic (exact) mass is 420 g/mol. The molecular formula is C23H48O4S. The third kappa shape index (κ3) is 17.9. The SMILES string of the molecule is CCCCCCCCCCCCCCCC(O)CCCC(CCC)S(=O)(=O)O. The summed E-state index contributed by atoms with van der Waals surface area (Å²) >= 11 is 0. The molecular weight excluding hydrogens is 372 g/mol. The van der Waals surface area contributed by atoms with Gasteiger partial charge in [0.15, 0.2) is 0 Å². The van der Waals surface area contributed by atoms with Crippen LogP contribution in [0.15, 0.2) is 0 Å². The molecule has 0 saturated heterocycles. The van der Waals surface area contributed by atoms with Crippen molar-refractivity contribution in [2.24, 2.45) is 0 Å². The largest absolute Gasteiger partial charge is 0.393 e. The standard InChI is InChI=1S/C23H48O4S/c1-3-5-6-7-8-9-10-11-12-13-14-15-16-19-22(24)20-17-21-23(18-4-2)28(25,26)27/h22-24H,3-21H2,1-2H3,(H,25,26,27). The first-order valence-corrected chi connectivity index (χ1v) is 13.6. The molecule has 0 fully saturated rings. The Morgan fingerprint density at radius 2 is 1.00 bits per heavy atom. The lowest BCUT2D eigenvalue weighted by Crippen LogP contribution is -2.21. The number of aliphatic hydroxyl groups excluding tert-OH is 1. The minimum Gasteiger partial charge on any atom is -0.393 e. The summed E-state index contributed by atoms with van der Waals surface area (Å²) in [6.45, 7) is 4.18. The van der Waals surface area contributed by atoms with Gasteiger partial charge in [0.05, 0.1) is 11.4 Å². The molecule has 0 saturated carbocycles. The fourth-order valence-corrected chi connectivity index (χ4v) is 4.89. The van der Waals surface area contributed by atoms with Crippen molar-refractivity contribution in [3.05, 3.63) is 0 Å². The van der Waals surface area contributed by atoms with Gasteiger partial charge in [-0.05, 0) is 32.1 Å². The number of rotatable bonds is 21. The second-order valence-corrected chi connectivity index (χ2v) is 10.2. The minimum absolute atomic E-state index is 0.337. The lowest BCUT2D eigenvalue weighted by Gasteiger charge is -2.14. The quantitative estimate of drug-likeness (QED) is 0.154. The summed E-state index contributed by atoms with van der Waals surface area (Å²) in [6, 6.07) is 0. The molecule has 2 N–H and O–H groups in total. The van der Waals surface area contributed by atoms with Crippen molar-refractivity contribution in [2.75, 3.05) is 0 Å². The summed E-state index contributed by atoms with van der Waals surface area (Å²) in [5.74, 6) is 0. The average molecular weight is 421 g/mol. The average Bonchev–Trinajstić information content (AvgIpc) is 2.64. The van der Waals surface area contributed by atoms with Gasteiger partial charge >= 0.3 is 0 Å². The van der Waals surface area contributed by atoms with Crippen LogP contribution in [-0.4, -0.2) is 29.4 Å². The number of unbranched alkanes of at least 4 members (excludes halogenated alkanes) is 12. The second-order valence-electron chi connectivity index (χ2n) is 8.54. The first-order chi connectivity index (χ1) is 13.4. The maximum Gasteiger partial charge on any atom is 0.267 e. The third-order valence-corrected chi connectivity index (χ3v) is 7.05. The topological polar surface area (TPSA) is 74.6 Å². The Balaban J connectivity index is 3.44. The molecule has 2 unspecified atom stereocenters. The summed E-state index contributed by atoms with van der Waals surface area (Å²) < 4.78 is 31.8. The van der Waals surface area contributed by atoms with Crippen LogP contribution in [0.5, 0.6) is 0 Å². The zero-order chi connectivity index (χ0) is 21.1. The van der Waals surface area contributed by atoms with Crippen LogP contribution in [0.25, 0.3) is 0 Å². The van der Waals surface area contributed by atoms with Gasteiger partial charge in [-0.3, -0.25) is 4.55 Å². The van der Waals surface area contributed by atoms with E-state index < -0.39 is 15.4 Å². The van der Waals surface area contributed by atoms with E-state index in [1.54, 1.807) is 0 Å². The van der Waals surface area contributed by atoms with E-state index in [9.17, 15) is 18.1 Å². The summed E-state index contributed by atoms with van der Waals surface area (Å²) in [5, 5.41) is 9.39. The summed E-state index contributed by atoms with van der Waals surface area (Å²) in [4.78, 5) is 0. The molecule has 0 bridgehead atoms. The van der Waals surface area contributed by atoms with E-state index in [1.165, 1.54) is 77.0 Å². The molecule has 170 valence electrons. The van der Waals surface area contributed by atoms with Gasteiger partial charge in [-0.25, -0.2) is 0 Å². The van der Waals surface area contributed by atoms with Gasteiger partial charge in [0.2, 0.25) is 0 Å². The molecule has 0 aliphatic heterocycles. The maximum atomic E-state index is 11.3. The Morgan fingerprint density at radius 1 is 0.571 bits per heavy atom. The zero-order valence-electron chi connectivity index (χ0n) is 18.7. The van der Waals surface area contributed by atoms with Crippen LogP contribution >= 0.6 is 0 Å². The molecule has 0 rings (SSSR count). The fourth-order valence-electron chi connectivity index (χ4n) is 3.89. The van der Waals surface area contributed by atoms with Crippen molar-refractivity contribution in [1.82, 2.24) is 0 Å². The van der Waals surface area contributed by atoms with Gasteiger partial charge in [0.1, 0.15) is 0 Å². The molecule has 0 aliphatic carbocycles. The Kier molecular flexibility index (Phi) is 18.8. The highest BCUT2D eigenvalue weighted by atomic mass is 32.2. The van der Waals surface area contributed by atoms with Crippen molar-refractivity contribution in [1.29, 1.82) is 0 Å². The highest BCUT2D eigenvalue weighted by Gasteiger charge is 2.21. The van der Waals surface area contributed by atoms with E-state index in [0.29, 0.717) is 25.7 Å².